The molecule has 1 atom stereocenters. The highest BCUT2D eigenvalue weighted by atomic mass is 32.2. The number of fused-ring (bicyclic) bond motifs is 1. The fraction of sp³-hybridized carbons (Fsp3) is 0.261. The van der Waals surface area contributed by atoms with Gasteiger partial charge in [0.2, 0.25) is 0 Å². The van der Waals surface area contributed by atoms with E-state index < -0.39 is 9.84 Å². The van der Waals surface area contributed by atoms with Crippen LogP contribution in [0.4, 0.5) is 4.39 Å². The van der Waals surface area contributed by atoms with Crippen molar-refractivity contribution < 1.29 is 12.8 Å². The van der Waals surface area contributed by atoms with Crippen LogP contribution >= 0.6 is 0 Å². The fourth-order valence-corrected chi connectivity index (χ4v) is 4.55. The topological polar surface area (TPSA) is 71.2 Å². The molecule has 0 spiro atoms. The minimum atomic E-state index is -3.30. The monoisotopic (exact) mass is 423 g/mol. The average molecular weight is 424 g/mol. The lowest BCUT2D eigenvalue weighted by Crippen LogP contribution is -2.20. The van der Waals surface area contributed by atoms with Crippen LogP contribution in [0, 0.1) is 11.7 Å². The summed E-state index contributed by atoms with van der Waals surface area (Å²) in [7, 11) is -3.30. The predicted molar refractivity (Wildman–Crippen MR) is 119 cm³/mol. The molecule has 30 heavy (non-hydrogen) atoms. The van der Waals surface area contributed by atoms with Gasteiger partial charge in [0.15, 0.2) is 9.84 Å². The Morgan fingerprint density at radius 1 is 0.967 bits per heavy atom. The summed E-state index contributed by atoms with van der Waals surface area (Å²) in [6.45, 7) is 3.71. The molecule has 2 aliphatic heterocycles. The van der Waals surface area contributed by atoms with Crippen LogP contribution < -0.4 is 0 Å². The second kappa shape index (κ2) is 8.07. The Kier molecular flexibility index (Phi) is 5.47. The van der Waals surface area contributed by atoms with E-state index in [4.69, 9.17) is 0 Å². The van der Waals surface area contributed by atoms with Gasteiger partial charge in [0, 0.05) is 23.3 Å². The van der Waals surface area contributed by atoms with Crippen molar-refractivity contribution in [1.82, 2.24) is 0 Å². The van der Waals surface area contributed by atoms with Crippen molar-refractivity contribution in [2.75, 3.05) is 5.75 Å². The second-order valence-corrected chi connectivity index (χ2v) is 9.53. The van der Waals surface area contributed by atoms with Gasteiger partial charge in [0.05, 0.1) is 22.1 Å². The molecule has 0 saturated carbocycles. The fourth-order valence-electron chi connectivity index (χ4n) is 3.66. The van der Waals surface area contributed by atoms with Crippen LogP contribution in [0.2, 0.25) is 0 Å². The van der Waals surface area contributed by atoms with E-state index in [-0.39, 0.29) is 22.4 Å². The first-order chi connectivity index (χ1) is 14.4. The first-order valence-electron chi connectivity index (χ1n) is 9.96. The molecular weight excluding hydrogens is 401 g/mol. The molecule has 0 bridgehead atoms. The van der Waals surface area contributed by atoms with Gasteiger partial charge < -0.3 is 0 Å². The number of rotatable bonds is 6. The van der Waals surface area contributed by atoms with Gasteiger partial charge in [0.1, 0.15) is 17.9 Å². The summed E-state index contributed by atoms with van der Waals surface area (Å²) < 4.78 is 38.7. The van der Waals surface area contributed by atoms with Crippen molar-refractivity contribution in [3.63, 3.8) is 0 Å². The molecular formula is C23H22FN3O2S. The van der Waals surface area contributed by atoms with Crippen LogP contribution in [0.5, 0.6) is 0 Å². The third-order valence-electron chi connectivity index (χ3n) is 5.33. The minimum Gasteiger partial charge on any atom is -0.258 e. The highest BCUT2D eigenvalue weighted by Gasteiger charge is 2.27. The predicted octanol–water partition coefficient (Wildman–Crippen LogP) is 4.94. The lowest BCUT2D eigenvalue weighted by atomic mass is 9.92. The van der Waals surface area contributed by atoms with Gasteiger partial charge in [-0.3, -0.25) is 4.99 Å². The van der Waals surface area contributed by atoms with E-state index in [9.17, 15) is 12.8 Å². The number of hydrogen-bond acceptors (Lipinski definition) is 5. The third kappa shape index (κ3) is 3.65. The summed E-state index contributed by atoms with van der Waals surface area (Å²) in [6, 6.07) is 11.1. The lowest BCUT2D eigenvalue weighted by molar-refractivity contribution is 0.597. The molecule has 0 aromatic heterocycles. The van der Waals surface area contributed by atoms with E-state index in [1.807, 2.05) is 6.21 Å². The number of aliphatic imine (C=N–C) groups is 3. The zero-order valence-electron chi connectivity index (χ0n) is 16.8. The molecule has 0 N–H and O–H groups in total. The van der Waals surface area contributed by atoms with Crippen molar-refractivity contribution in [3.05, 3.63) is 59.5 Å². The number of benzene rings is 2. The number of hydrogen-bond donors (Lipinski definition) is 0. The van der Waals surface area contributed by atoms with E-state index in [1.54, 1.807) is 37.5 Å². The van der Waals surface area contributed by atoms with E-state index >= 15 is 0 Å². The molecule has 4 rings (SSSR count). The summed E-state index contributed by atoms with van der Waals surface area (Å²) in [5.41, 5.74) is 4.03. The van der Waals surface area contributed by atoms with Gasteiger partial charge in [0.25, 0.3) is 0 Å². The minimum absolute atomic E-state index is 0.0224. The Balaban J connectivity index is 1.73. The maximum Gasteiger partial charge on any atom is 0.178 e. The smallest absolute Gasteiger partial charge is 0.178 e. The molecule has 1 unspecified atom stereocenters. The zero-order chi connectivity index (χ0) is 21.3. The van der Waals surface area contributed by atoms with Crippen LogP contribution in [0.25, 0.3) is 16.8 Å². The summed E-state index contributed by atoms with van der Waals surface area (Å²) in [5.74, 6) is -0.221. The van der Waals surface area contributed by atoms with E-state index in [0.717, 1.165) is 29.8 Å². The standard InChI is InChI=1S/C23H22FN3O2S/c1-3-5-17-13-25-21(23-22(17)26-14-27-23)16-8-11-20(24)19(12-16)15-6-9-18(10-7-15)30(28,29)4-2/h6-14,17H,3-5H2,1-2H3. The molecule has 0 amide bonds. The first-order valence-corrected chi connectivity index (χ1v) is 11.6. The molecule has 0 aliphatic carbocycles. The maximum atomic E-state index is 14.6. The van der Waals surface area contributed by atoms with Gasteiger partial charge in [-0.1, -0.05) is 32.4 Å². The highest BCUT2D eigenvalue weighted by molar-refractivity contribution is 7.91. The number of halogens is 1. The number of sulfone groups is 1. The van der Waals surface area contributed by atoms with Gasteiger partial charge in [-0.25, -0.2) is 22.8 Å². The van der Waals surface area contributed by atoms with Crippen LogP contribution in [0.3, 0.4) is 0 Å². The second-order valence-electron chi connectivity index (χ2n) is 7.25. The lowest BCUT2D eigenvalue weighted by Gasteiger charge is -2.19. The summed E-state index contributed by atoms with van der Waals surface area (Å²) in [5, 5.41) is 0. The molecule has 7 heteroatoms. The maximum absolute atomic E-state index is 14.6. The molecule has 5 nitrogen and oxygen atoms in total. The van der Waals surface area contributed by atoms with Crippen molar-refractivity contribution in [2.24, 2.45) is 20.9 Å². The quantitative estimate of drug-likeness (QED) is 0.660. The Hall–Kier alpha value is -2.93. The van der Waals surface area contributed by atoms with Crippen molar-refractivity contribution in [1.29, 1.82) is 0 Å². The summed E-state index contributed by atoms with van der Waals surface area (Å²) >= 11 is 0. The van der Waals surface area contributed by atoms with Crippen molar-refractivity contribution in [2.45, 2.75) is 31.6 Å². The van der Waals surface area contributed by atoms with E-state index in [2.05, 4.69) is 21.9 Å². The number of allylic oxidation sites excluding steroid dienone is 1. The molecule has 0 fully saturated rings. The first kappa shape index (κ1) is 20.3. The van der Waals surface area contributed by atoms with Crippen molar-refractivity contribution in [3.8, 4) is 11.1 Å². The van der Waals surface area contributed by atoms with Crippen molar-refractivity contribution >= 4 is 33.8 Å². The van der Waals surface area contributed by atoms with Gasteiger partial charge in [-0.2, -0.15) is 0 Å². The Labute approximate surface area is 175 Å². The van der Waals surface area contributed by atoms with E-state index in [0.29, 0.717) is 16.8 Å². The summed E-state index contributed by atoms with van der Waals surface area (Å²) in [4.78, 5) is 13.7. The van der Waals surface area contributed by atoms with Crippen LogP contribution in [0.15, 0.2) is 68.0 Å². The number of nitrogens with zero attached hydrogens (tertiary/aromatic N) is 3. The summed E-state index contributed by atoms with van der Waals surface area (Å²) in [6.07, 6.45) is 5.40. The normalized spacial score (nSPS) is 18.0. The van der Waals surface area contributed by atoms with Crippen LogP contribution in [0.1, 0.15) is 32.3 Å². The Morgan fingerprint density at radius 2 is 1.70 bits per heavy atom. The van der Waals surface area contributed by atoms with Gasteiger partial charge >= 0.3 is 0 Å². The molecule has 0 radical (unpaired) electrons. The molecule has 2 aromatic rings. The highest BCUT2D eigenvalue weighted by Crippen LogP contribution is 2.34. The Bertz CT molecular complexity index is 1210. The molecule has 0 saturated heterocycles. The third-order valence-corrected chi connectivity index (χ3v) is 7.08. The molecule has 2 aromatic carbocycles. The SMILES string of the molecule is CCCC1C=NC(c2ccc(F)c(-c3ccc(S(=O)(=O)CC)cc3)c2)=C2N=CN=C21. The molecule has 154 valence electrons. The van der Waals surface area contributed by atoms with Crippen LogP contribution in [-0.4, -0.2) is 32.4 Å². The van der Waals surface area contributed by atoms with E-state index in [1.165, 1.54) is 18.2 Å². The Morgan fingerprint density at radius 3 is 2.40 bits per heavy atom. The largest absolute Gasteiger partial charge is 0.258 e. The molecule has 2 heterocycles. The van der Waals surface area contributed by atoms with Gasteiger partial charge in [-0.15, -0.1) is 0 Å². The molecule has 2 aliphatic rings. The average Bonchev–Trinajstić information content (AvgIpc) is 3.25. The van der Waals surface area contributed by atoms with Gasteiger partial charge in [-0.05, 0) is 42.3 Å². The zero-order valence-corrected chi connectivity index (χ0v) is 17.7. The van der Waals surface area contributed by atoms with Crippen LogP contribution in [-0.2, 0) is 9.84 Å².